The van der Waals surface area contributed by atoms with E-state index < -0.39 is 10.0 Å². The Kier molecular flexibility index (Phi) is 5.34. The Bertz CT molecular complexity index is 535. The molecule has 0 spiro atoms. The number of aliphatic hydroxyl groups excluding tert-OH is 1. The zero-order valence-corrected chi connectivity index (χ0v) is 12.6. The van der Waals surface area contributed by atoms with Gasteiger partial charge in [-0.1, -0.05) is 11.6 Å². The van der Waals surface area contributed by atoms with Gasteiger partial charge in [0.2, 0.25) is 10.0 Å². The van der Waals surface area contributed by atoms with E-state index in [9.17, 15) is 8.42 Å². The molecule has 0 radical (unpaired) electrons. The van der Waals surface area contributed by atoms with Gasteiger partial charge in [-0.05, 0) is 25.1 Å². The smallest absolute Gasteiger partial charge is 0.244 e. The highest BCUT2D eigenvalue weighted by Crippen LogP contribution is 2.18. The van der Waals surface area contributed by atoms with Gasteiger partial charge in [-0.15, -0.1) is 0 Å². The van der Waals surface area contributed by atoms with Crippen molar-refractivity contribution in [1.29, 1.82) is 0 Å². The highest BCUT2D eigenvalue weighted by atomic mass is 35.5. The first kappa shape index (κ1) is 15.7. The van der Waals surface area contributed by atoms with E-state index in [1.165, 1.54) is 22.6 Å². The molecule has 112 valence electrons. The van der Waals surface area contributed by atoms with E-state index in [1.54, 1.807) is 0 Å². The number of aliphatic hydroxyl groups is 1. The zero-order chi connectivity index (χ0) is 14.6. The highest BCUT2D eigenvalue weighted by molar-refractivity contribution is 7.89. The number of hydrogen-bond acceptors (Lipinski definition) is 5. The Morgan fingerprint density at radius 2 is 2.05 bits per heavy atom. The zero-order valence-electron chi connectivity index (χ0n) is 11.1. The SMILES string of the molecule is O=S(=O)(c1ccc(Cl)nc1)N1CCCN(CCO)CC1. The van der Waals surface area contributed by atoms with Crippen LogP contribution in [0.1, 0.15) is 6.42 Å². The largest absolute Gasteiger partial charge is 0.395 e. The molecular weight excluding hydrogens is 302 g/mol. The summed E-state index contributed by atoms with van der Waals surface area (Å²) in [6, 6.07) is 2.95. The summed E-state index contributed by atoms with van der Waals surface area (Å²) in [5.41, 5.74) is 0. The van der Waals surface area contributed by atoms with Crippen molar-refractivity contribution in [3.05, 3.63) is 23.5 Å². The van der Waals surface area contributed by atoms with E-state index in [2.05, 4.69) is 9.88 Å². The summed E-state index contributed by atoms with van der Waals surface area (Å²) >= 11 is 5.68. The molecule has 2 rings (SSSR count). The first-order valence-electron chi connectivity index (χ1n) is 6.49. The molecule has 1 aromatic rings. The second-order valence-corrected chi connectivity index (χ2v) is 6.96. The molecule has 0 amide bonds. The molecular formula is C12H18ClN3O3S. The molecule has 6 nitrogen and oxygen atoms in total. The van der Waals surface area contributed by atoms with Crippen LogP contribution in [-0.2, 0) is 10.0 Å². The van der Waals surface area contributed by atoms with Crippen molar-refractivity contribution in [2.24, 2.45) is 0 Å². The molecule has 1 aliphatic heterocycles. The van der Waals surface area contributed by atoms with Crippen molar-refractivity contribution in [1.82, 2.24) is 14.2 Å². The number of nitrogens with zero attached hydrogens (tertiary/aromatic N) is 3. The number of β-amino-alcohol motifs (C(OH)–C–C–N with tert-alkyl or cyclic N) is 1. The second-order valence-electron chi connectivity index (χ2n) is 4.64. The molecule has 0 aromatic carbocycles. The quantitative estimate of drug-likeness (QED) is 0.814. The summed E-state index contributed by atoms with van der Waals surface area (Å²) in [4.78, 5) is 6.05. The number of aromatic nitrogens is 1. The first-order chi connectivity index (χ1) is 9.54. The van der Waals surface area contributed by atoms with Crippen molar-refractivity contribution >= 4 is 21.6 Å². The summed E-state index contributed by atoms with van der Waals surface area (Å²) < 4.78 is 26.4. The number of sulfonamides is 1. The monoisotopic (exact) mass is 319 g/mol. The lowest BCUT2D eigenvalue weighted by molar-refractivity contribution is 0.202. The average molecular weight is 320 g/mol. The Morgan fingerprint density at radius 1 is 1.25 bits per heavy atom. The van der Waals surface area contributed by atoms with Crippen LogP contribution in [0.15, 0.2) is 23.2 Å². The fraction of sp³-hybridized carbons (Fsp3) is 0.583. The molecule has 2 heterocycles. The molecule has 1 fully saturated rings. The fourth-order valence-electron chi connectivity index (χ4n) is 2.22. The third kappa shape index (κ3) is 3.67. The fourth-order valence-corrected chi connectivity index (χ4v) is 3.74. The van der Waals surface area contributed by atoms with E-state index in [0.29, 0.717) is 26.2 Å². The van der Waals surface area contributed by atoms with Crippen LogP contribution in [0.2, 0.25) is 5.15 Å². The minimum Gasteiger partial charge on any atom is -0.395 e. The Morgan fingerprint density at radius 3 is 2.70 bits per heavy atom. The standard InChI is InChI=1S/C12H18ClN3O3S/c13-12-3-2-11(10-14-12)20(18,19)16-5-1-4-15(6-7-16)8-9-17/h2-3,10,17H,1,4-9H2. The molecule has 20 heavy (non-hydrogen) atoms. The lowest BCUT2D eigenvalue weighted by Crippen LogP contribution is -2.35. The molecule has 0 bridgehead atoms. The maximum absolute atomic E-state index is 12.5. The molecule has 0 unspecified atom stereocenters. The van der Waals surface area contributed by atoms with Gasteiger partial charge in [0.05, 0.1) is 6.61 Å². The molecule has 1 N–H and O–H groups in total. The predicted molar refractivity (Wildman–Crippen MR) is 76.1 cm³/mol. The minimum atomic E-state index is -3.52. The van der Waals surface area contributed by atoms with Gasteiger partial charge in [-0.3, -0.25) is 4.90 Å². The van der Waals surface area contributed by atoms with Crippen LogP contribution in [0.25, 0.3) is 0 Å². The molecule has 0 aliphatic carbocycles. The summed E-state index contributed by atoms with van der Waals surface area (Å²) in [5, 5.41) is 9.22. The van der Waals surface area contributed by atoms with Crippen LogP contribution in [0.4, 0.5) is 0 Å². The Hall–Kier alpha value is -0.730. The second kappa shape index (κ2) is 6.82. The van der Waals surface area contributed by atoms with Crippen molar-refractivity contribution in [2.45, 2.75) is 11.3 Å². The maximum atomic E-state index is 12.5. The molecule has 1 aliphatic rings. The van der Waals surface area contributed by atoms with Gasteiger partial charge in [0.1, 0.15) is 10.0 Å². The molecule has 8 heteroatoms. The number of pyridine rings is 1. The number of halogens is 1. The highest BCUT2D eigenvalue weighted by Gasteiger charge is 2.26. The molecule has 0 saturated carbocycles. The summed E-state index contributed by atoms with van der Waals surface area (Å²) in [5.74, 6) is 0. The predicted octanol–water partition coefficient (Wildman–Crippen LogP) is 0.424. The lowest BCUT2D eigenvalue weighted by atomic mass is 10.4. The number of hydrogen-bond donors (Lipinski definition) is 1. The molecule has 1 aromatic heterocycles. The Balaban J connectivity index is 2.11. The van der Waals surface area contributed by atoms with Gasteiger partial charge in [0, 0.05) is 32.4 Å². The third-order valence-corrected chi connectivity index (χ3v) is 5.41. The van der Waals surface area contributed by atoms with E-state index in [4.69, 9.17) is 16.7 Å². The minimum absolute atomic E-state index is 0.0911. The van der Waals surface area contributed by atoms with Gasteiger partial charge in [-0.2, -0.15) is 4.31 Å². The molecule has 1 saturated heterocycles. The van der Waals surface area contributed by atoms with Crippen LogP contribution >= 0.6 is 11.6 Å². The summed E-state index contributed by atoms with van der Waals surface area (Å²) in [7, 11) is -3.52. The van der Waals surface area contributed by atoms with Crippen molar-refractivity contribution in [2.75, 3.05) is 39.3 Å². The topological polar surface area (TPSA) is 73.7 Å². The first-order valence-corrected chi connectivity index (χ1v) is 8.31. The van der Waals surface area contributed by atoms with E-state index in [1.807, 2.05) is 0 Å². The van der Waals surface area contributed by atoms with E-state index in [0.717, 1.165) is 13.0 Å². The normalized spacial score (nSPS) is 18.9. The summed E-state index contributed by atoms with van der Waals surface area (Å²) in [6.07, 6.45) is 2.04. The van der Waals surface area contributed by atoms with E-state index in [-0.39, 0.29) is 16.7 Å². The van der Waals surface area contributed by atoms with Gasteiger partial charge in [-0.25, -0.2) is 13.4 Å². The van der Waals surface area contributed by atoms with Gasteiger partial charge < -0.3 is 5.11 Å². The molecule has 0 atom stereocenters. The van der Waals surface area contributed by atoms with Gasteiger partial charge in [0.25, 0.3) is 0 Å². The van der Waals surface area contributed by atoms with Crippen LogP contribution in [0.5, 0.6) is 0 Å². The van der Waals surface area contributed by atoms with Crippen LogP contribution in [0.3, 0.4) is 0 Å². The van der Waals surface area contributed by atoms with E-state index >= 15 is 0 Å². The van der Waals surface area contributed by atoms with Crippen LogP contribution in [0, 0.1) is 0 Å². The maximum Gasteiger partial charge on any atom is 0.244 e. The Labute approximate surface area is 124 Å². The van der Waals surface area contributed by atoms with Gasteiger partial charge in [0.15, 0.2) is 0 Å². The van der Waals surface area contributed by atoms with Crippen molar-refractivity contribution in [3.8, 4) is 0 Å². The third-order valence-electron chi connectivity index (χ3n) is 3.30. The van der Waals surface area contributed by atoms with Crippen LogP contribution < -0.4 is 0 Å². The van der Waals surface area contributed by atoms with Crippen molar-refractivity contribution < 1.29 is 13.5 Å². The lowest BCUT2D eigenvalue weighted by Gasteiger charge is -2.21. The van der Waals surface area contributed by atoms with Gasteiger partial charge >= 0.3 is 0 Å². The summed E-state index contributed by atoms with van der Waals surface area (Å²) in [6.45, 7) is 2.99. The average Bonchev–Trinajstić information content (AvgIpc) is 2.66. The van der Waals surface area contributed by atoms with Crippen LogP contribution in [-0.4, -0.2) is 67.0 Å². The number of rotatable bonds is 4. The van der Waals surface area contributed by atoms with Crippen molar-refractivity contribution in [3.63, 3.8) is 0 Å².